The lowest BCUT2D eigenvalue weighted by molar-refractivity contribution is 0.0686. The summed E-state index contributed by atoms with van der Waals surface area (Å²) in [6.07, 6.45) is 1.35. The molecule has 0 aliphatic heterocycles. The third kappa shape index (κ3) is 2.20. The molecule has 0 radical (unpaired) electrons. The minimum atomic E-state index is -1.24. The highest BCUT2D eigenvalue weighted by molar-refractivity contribution is 6.30. The Kier molecular flexibility index (Phi) is 3.31. The summed E-state index contributed by atoms with van der Waals surface area (Å²) in [4.78, 5) is 10.9. The second kappa shape index (κ2) is 4.75. The summed E-state index contributed by atoms with van der Waals surface area (Å²) >= 11 is 5.62. The van der Waals surface area contributed by atoms with Crippen LogP contribution in [0, 0.1) is 5.82 Å². The standard InChI is InChI=1S/C11H8ClFN2O3/c12-8-3-7(1-2-9(8)13)15-4-6(5-16)10(14-15)11(17)18/h1-4,16H,5H2,(H,17,18). The van der Waals surface area contributed by atoms with Gasteiger partial charge in [0.05, 0.1) is 17.3 Å². The third-order valence-electron chi connectivity index (χ3n) is 2.33. The van der Waals surface area contributed by atoms with Crippen LogP contribution in [-0.2, 0) is 6.61 Å². The molecule has 1 heterocycles. The SMILES string of the molecule is O=C(O)c1nn(-c2ccc(F)c(Cl)c2)cc1CO. The van der Waals surface area contributed by atoms with E-state index >= 15 is 0 Å². The number of halogens is 2. The molecule has 7 heteroatoms. The molecule has 5 nitrogen and oxygen atoms in total. The van der Waals surface area contributed by atoms with E-state index in [1.54, 1.807) is 0 Å². The Hall–Kier alpha value is -1.92. The van der Waals surface area contributed by atoms with E-state index in [-0.39, 0.29) is 16.3 Å². The van der Waals surface area contributed by atoms with Crippen molar-refractivity contribution in [3.8, 4) is 5.69 Å². The maximum atomic E-state index is 13.0. The fraction of sp³-hybridized carbons (Fsp3) is 0.0909. The van der Waals surface area contributed by atoms with Crippen molar-refractivity contribution in [2.24, 2.45) is 0 Å². The number of carboxylic acid groups (broad SMARTS) is 1. The van der Waals surface area contributed by atoms with Crippen molar-refractivity contribution in [3.05, 3.63) is 46.5 Å². The first-order valence-corrected chi connectivity index (χ1v) is 5.29. The van der Waals surface area contributed by atoms with Crippen LogP contribution in [0.4, 0.5) is 4.39 Å². The van der Waals surface area contributed by atoms with E-state index in [4.69, 9.17) is 21.8 Å². The smallest absolute Gasteiger partial charge is 0.356 e. The van der Waals surface area contributed by atoms with Crippen LogP contribution >= 0.6 is 11.6 Å². The van der Waals surface area contributed by atoms with Crippen LogP contribution in [0.25, 0.3) is 5.69 Å². The van der Waals surface area contributed by atoms with E-state index in [1.165, 1.54) is 23.0 Å². The molecule has 1 aromatic carbocycles. The van der Waals surface area contributed by atoms with Crippen LogP contribution in [-0.4, -0.2) is 26.0 Å². The lowest BCUT2D eigenvalue weighted by atomic mass is 10.2. The molecule has 2 aromatic rings. The molecule has 0 amide bonds. The van der Waals surface area contributed by atoms with Gasteiger partial charge in [0.25, 0.3) is 0 Å². The molecular weight excluding hydrogens is 263 g/mol. The molecule has 2 N–H and O–H groups in total. The van der Waals surface area contributed by atoms with E-state index in [2.05, 4.69) is 5.10 Å². The van der Waals surface area contributed by atoms with Crippen molar-refractivity contribution in [2.45, 2.75) is 6.61 Å². The predicted octanol–water partition coefficient (Wildman–Crippen LogP) is 1.86. The van der Waals surface area contributed by atoms with Crippen LogP contribution in [0.5, 0.6) is 0 Å². The molecule has 0 fully saturated rings. The van der Waals surface area contributed by atoms with Gasteiger partial charge >= 0.3 is 5.97 Å². The zero-order valence-electron chi connectivity index (χ0n) is 8.97. The maximum Gasteiger partial charge on any atom is 0.356 e. The zero-order valence-corrected chi connectivity index (χ0v) is 9.73. The van der Waals surface area contributed by atoms with Gasteiger partial charge in [-0.15, -0.1) is 0 Å². The topological polar surface area (TPSA) is 75.3 Å². The van der Waals surface area contributed by atoms with Gasteiger partial charge in [0, 0.05) is 11.8 Å². The Bertz CT molecular complexity index is 612. The number of benzene rings is 1. The molecule has 2 rings (SSSR count). The summed E-state index contributed by atoms with van der Waals surface area (Å²) in [6, 6.07) is 3.87. The van der Waals surface area contributed by atoms with E-state index < -0.39 is 18.4 Å². The molecule has 1 aromatic heterocycles. The molecule has 0 aliphatic carbocycles. The molecule has 0 saturated carbocycles. The minimum Gasteiger partial charge on any atom is -0.476 e. The van der Waals surface area contributed by atoms with E-state index in [0.29, 0.717) is 5.69 Å². The summed E-state index contributed by atoms with van der Waals surface area (Å²) in [5.41, 5.74) is 0.324. The van der Waals surface area contributed by atoms with Gasteiger partial charge in [-0.25, -0.2) is 13.9 Å². The average Bonchev–Trinajstić information content (AvgIpc) is 2.77. The van der Waals surface area contributed by atoms with Crippen molar-refractivity contribution >= 4 is 17.6 Å². The summed E-state index contributed by atoms with van der Waals surface area (Å²) < 4.78 is 14.2. The molecule has 0 unspecified atom stereocenters. The number of aliphatic hydroxyl groups is 1. The highest BCUT2D eigenvalue weighted by Gasteiger charge is 2.16. The first-order chi connectivity index (χ1) is 8.52. The number of nitrogens with zero attached hydrogens (tertiary/aromatic N) is 2. The summed E-state index contributed by atoms with van der Waals surface area (Å²) in [7, 11) is 0. The fourth-order valence-electron chi connectivity index (χ4n) is 1.47. The lowest BCUT2D eigenvalue weighted by Crippen LogP contribution is -2.03. The minimum absolute atomic E-state index is 0.0922. The van der Waals surface area contributed by atoms with Crippen molar-refractivity contribution in [1.82, 2.24) is 9.78 Å². The Morgan fingerprint density at radius 3 is 2.72 bits per heavy atom. The lowest BCUT2D eigenvalue weighted by Gasteiger charge is -2.01. The van der Waals surface area contributed by atoms with Crippen LogP contribution in [0.3, 0.4) is 0 Å². The van der Waals surface area contributed by atoms with Crippen LogP contribution in [0.2, 0.25) is 5.02 Å². The van der Waals surface area contributed by atoms with Gasteiger partial charge in [0.1, 0.15) is 5.82 Å². The second-order valence-electron chi connectivity index (χ2n) is 3.51. The number of rotatable bonds is 3. The maximum absolute atomic E-state index is 13.0. The second-order valence-corrected chi connectivity index (χ2v) is 3.92. The number of aromatic carboxylic acids is 1. The number of hydrogen-bond donors (Lipinski definition) is 2. The summed E-state index contributed by atoms with van der Waals surface area (Å²) in [5.74, 6) is -1.82. The molecule has 0 bridgehead atoms. The summed E-state index contributed by atoms with van der Waals surface area (Å²) in [5, 5.41) is 21.6. The van der Waals surface area contributed by atoms with Gasteiger partial charge < -0.3 is 10.2 Å². The van der Waals surface area contributed by atoms with Crippen LogP contribution in [0.1, 0.15) is 16.1 Å². The first-order valence-electron chi connectivity index (χ1n) is 4.91. The molecule has 18 heavy (non-hydrogen) atoms. The molecule has 94 valence electrons. The van der Waals surface area contributed by atoms with Crippen molar-refractivity contribution in [3.63, 3.8) is 0 Å². The van der Waals surface area contributed by atoms with E-state index in [0.717, 1.165) is 6.07 Å². The molecule has 0 spiro atoms. The predicted molar refractivity (Wildman–Crippen MR) is 61.4 cm³/mol. The molecule has 0 atom stereocenters. The Balaban J connectivity index is 2.50. The Morgan fingerprint density at radius 2 is 2.22 bits per heavy atom. The van der Waals surface area contributed by atoms with Crippen molar-refractivity contribution in [2.75, 3.05) is 0 Å². The number of hydrogen-bond acceptors (Lipinski definition) is 3. The van der Waals surface area contributed by atoms with Crippen LogP contribution in [0.15, 0.2) is 24.4 Å². The van der Waals surface area contributed by atoms with Crippen molar-refractivity contribution in [1.29, 1.82) is 0 Å². The first kappa shape index (κ1) is 12.5. The number of aromatic nitrogens is 2. The largest absolute Gasteiger partial charge is 0.476 e. The fourth-order valence-corrected chi connectivity index (χ4v) is 1.64. The van der Waals surface area contributed by atoms with Crippen molar-refractivity contribution < 1.29 is 19.4 Å². The highest BCUT2D eigenvalue weighted by Crippen LogP contribution is 2.19. The van der Waals surface area contributed by atoms with Gasteiger partial charge in [-0.2, -0.15) is 5.10 Å². The van der Waals surface area contributed by atoms with Gasteiger partial charge in [-0.05, 0) is 18.2 Å². The Morgan fingerprint density at radius 1 is 1.50 bits per heavy atom. The van der Waals surface area contributed by atoms with Gasteiger partial charge in [0.15, 0.2) is 5.69 Å². The molecular formula is C11H8ClFN2O3. The zero-order chi connectivity index (χ0) is 13.3. The van der Waals surface area contributed by atoms with Gasteiger partial charge in [-0.3, -0.25) is 0 Å². The Labute approximate surface area is 106 Å². The quantitative estimate of drug-likeness (QED) is 0.893. The number of carbonyl (C=O) groups is 1. The van der Waals surface area contributed by atoms with Gasteiger partial charge in [-0.1, -0.05) is 11.6 Å². The average molecular weight is 271 g/mol. The number of carboxylic acids is 1. The van der Waals surface area contributed by atoms with Gasteiger partial charge in [0.2, 0.25) is 0 Å². The van der Waals surface area contributed by atoms with Crippen LogP contribution < -0.4 is 0 Å². The number of aliphatic hydroxyl groups excluding tert-OH is 1. The van der Waals surface area contributed by atoms with E-state index in [9.17, 15) is 9.18 Å². The van der Waals surface area contributed by atoms with E-state index in [1.807, 2.05) is 0 Å². The molecule has 0 saturated heterocycles. The molecule has 0 aliphatic rings. The highest BCUT2D eigenvalue weighted by atomic mass is 35.5. The summed E-state index contributed by atoms with van der Waals surface area (Å²) in [6.45, 7) is -0.448. The third-order valence-corrected chi connectivity index (χ3v) is 2.62. The monoisotopic (exact) mass is 270 g/mol. The normalized spacial score (nSPS) is 10.6.